The lowest BCUT2D eigenvalue weighted by molar-refractivity contribution is -0.173. The first-order chi connectivity index (χ1) is 24.1. The Hall–Kier alpha value is -2.90. The predicted octanol–water partition coefficient (Wildman–Crippen LogP) is 9.18. The molecule has 0 spiro atoms. The minimum Gasteiger partial charge on any atom is -0.581 e. The summed E-state index contributed by atoms with van der Waals surface area (Å²) in [6, 6.07) is 32.1. The second-order valence-corrected chi connectivity index (χ2v) is 16.5. The molecule has 1 aromatic heterocycles. The lowest BCUT2D eigenvalue weighted by atomic mass is 10.00. The number of hydrogen-bond donors (Lipinski definition) is 1. The number of hydrogen-bond acceptors (Lipinski definition) is 6. The topological polar surface area (TPSA) is 84.1 Å². The Kier molecular flexibility index (Phi) is 17.5. The molecule has 0 bridgehead atoms. The van der Waals surface area contributed by atoms with Crippen molar-refractivity contribution in [1.82, 2.24) is 10.2 Å². The van der Waals surface area contributed by atoms with Crippen molar-refractivity contribution in [3.8, 4) is 0 Å². The number of aromatic nitrogens is 2. The van der Waals surface area contributed by atoms with E-state index in [2.05, 4.69) is 43.1 Å². The van der Waals surface area contributed by atoms with Gasteiger partial charge in [0.25, 0.3) is 0 Å². The molecule has 4 rings (SSSR count). The van der Waals surface area contributed by atoms with Crippen molar-refractivity contribution in [2.75, 3.05) is 25.1 Å². The summed E-state index contributed by atoms with van der Waals surface area (Å²) in [5, 5.41) is 20.8. The van der Waals surface area contributed by atoms with Gasteiger partial charge in [0.1, 0.15) is 25.8 Å². The lowest BCUT2D eigenvalue weighted by Gasteiger charge is -2.38. The minimum atomic E-state index is -1.92. The van der Waals surface area contributed by atoms with Crippen LogP contribution in [0.4, 0.5) is 0 Å². The summed E-state index contributed by atoms with van der Waals surface area (Å²) in [7, 11) is -1.92. The van der Waals surface area contributed by atoms with Crippen molar-refractivity contribution in [2.24, 2.45) is 0 Å². The number of aliphatic hydroxyl groups is 1. The van der Waals surface area contributed by atoms with Crippen LogP contribution in [0.3, 0.4) is 0 Å². The van der Waals surface area contributed by atoms with Crippen LogP contribution in [0.2, 0.25) is 0 Å². The van der Waals surface area contributed by atoms with E-state index < -0.39 is 31.9 Å². The van der Waals surface area contributed by atoms with Gasteiger partial charge >= 0.3 is 0 Å². The highest BCUT2D eigenvalue weighted by Gasteiger charge is 2.47. The minimum absolute atomic E-state index is 0.0702. The van der Waals surface area contributed by atoms with Crippen molar-refractivity contribution in [3.05, 3.63) is 126 Å². The molecule has 0 fully saturated rings. The zero-order chi connectivity index (χ0) is 34.6. The third-order valence-electron chi connectivity index (χ3n) is 8.84. The summed E-state index contributed by atoms with van der Waals surface area (Å²) in [4.78, 5) is 0. The number of aliphatic hydroxyl groups excluding tert-OH is 1. The van der Waals surface area contributed by atoms with E-state index in [1.54, 1.807) is 6.20 Å². The Labute approximate surface area is 295 Å². The van der Waals surface area contributed by atoms with Crippen LogP contribution in [0, 0.1) is 0 Å². The van der Waals surface area contributed by atoms with Crippen molar-refractivity contribution < 1.29 is 23.8 Å². The number of benzene rings is 3. The molecule has 266 valence electrons. The van der Waals surface area contributed by atoms with Crippen molar-refractivity contribution in [3.63, 3.8) is 0 Å². The molecule has 3 unspecified atom stereocenters. The Morgan fingerprint density at radius 2 is 1.10 bits per heavy atom. The number of ether oxygens (including phenoxy) is 3. The van der Waals surface area contributed by atoms with Crippen LogP contribution in [-0.4, -0.2) is 53.6 Å². The third-order valence-corrected chi connectivity index (χ3v) is 12.9. The molecule has 0 aliphatic heterocycles. The van der Waals surface area contributed by atoms with Gasteiger partial charge < -0.3 is 29.5 Å². The van der Waals surface area contributed by atoms with Gasteiger partial charge in [-0.15, -0.1) is 0 Å². The van der Waals surface area contributed by atoms with Gasteiger partial charge in [-0.2, -0.15) is 6.20 Å². The number of nitrogens with zero attached hydrogens (tertiary/aromatic N) is 2. The average molecular weight is 689 g/mol. The lowest BCUT2D eigenvalue weighted by Crippen LogP contribution is -2.47. The molecule has 0 aliphatic rings. The van der Waals surface area contributed by atoms with Crippen LogP contribution >= 0.6 is 7.49 Å². The SMILES string of the molecule is CCCC[P+](CCCC)(CCCC)O[C@@H](c1cc[n-]n1)C(OCc1ccccc1)C(OCc1ccccc1)C(O)COCc1ccccc1. The molecule has 0 amide bonds. The Balaban J connectivity index is 1.73. The first-order valence-electron chi connectivity index (χ1n) is 18.2. The van der Waals surface area contributed by atoms with Gasteiger partial charge in [0, 0.05) is 0 Å². The van der Waals surface area contributed by atoms with Gasteiger partial charge in [0.2, 0.25) is 0 Å². The van der Waals surface area contributed by atoms with Crippen LogP contribution in [0.15, 0.2) is 103 Å². The average Bonchev–Trinajstić information content (AvgIpc) is 3.69. The van der Waals surface area contributed by atoms with Gasteiger partial charge in [-0.05, 0) is 36.0 Å². The smallest absolute Gasteiger partial charge is 0.169 e. The molecule has 1 heterocycles. The monoisotopic (exact) mass is 688 g/mol. The van der Waals surface area contributed by atoms with E-state index in [1.165, 1.54) is 0 Å². The van der Waals surface area contributed by atoms with Crippen molar-refractivity contribution in [2.45, 2.75) is 104 Å². The van der Waals surface area contributed by atoms with E-state index >= 15 is 0 Å². The van der Waals surface area contributed by atoms with E-state index in [9.17, 15) is 5.11 Å². The van der Waals surface area contributed by atoms with Crippen LogP contribution in [0.1, 0.15) is 87.8 Å². The number of unbranched alkanes of at least 4 members (excludes halogenated alkanes) is 3. The standard InChI is InChI=1S/C41H57N2O5P/c1-4-7-27-49(28-8-5-2,29-9-6-3)48-39(37-25-26-42-43-37)41(47-32-36-23-17-12-18-24-36)40(46-31-35-21-15-11-16-22-35)38(44)33-45-30-34-19-13-10-14-20-34/h10-26,38-41,44H,4-9,27-33H2,1-3H3/t38?,39-,40?,41?/m0/s1. The molecule has 4 aromatic rings. The summed E-state index contributed by atoms with van der Waals surface area (Å²) < 4.78 is 27.3. The summed E-state index contributed by atoms with van der Waals surface area (Å²) in [6.07, 6.45) is 8.46. The highest BCUT2D eigenvalue weighted by molar-refractivity contribution is 7.71. The normalized spacial score (nSPS) is 14.4. The quantitative estimate of drug-likeness (QED) is 0.0696. The Morgan fingerprint density at radius 3 is 1.55 bits per heavy atom. The van der Waals surface area contributed by atoms with Crippen LogP contribution in [0.5, 0.6) is 0 Å². The van der Waals surface area contributed by atoms with Crippen LogP contribution < -0.4 is 5.10 Å². The summed E-state index contributed by atoms with van der Waals surface area (Å²) >= 11 is 0. The van der Waals surface area contributed by atoms with E-state index in [0.717, 1.165) is 73.7 Å². The van der Waals surface area contributed by atoms with Crippen LogP contribution in [-0.2, 0) is 38.6 Å². The van der Waals surface area contributed by atoms with Gasteiger partial charge in [-0.3, -0.25) is 0 Å². The van der Waals surface area contributed by atoms with E-state index in [4.69, 9.17) is 18.7 Å². The van der Waals surface area contributed by atoms with Crippen LogP contribution in [0.25, 0.3) is 0 Å². The highest BCUT2D eigenvalue weighted by atomic mass is 31.2. The fourth-order valence-electron chi connectivity index (χ4n) is 6.03. The first kappa shape index (κ1) is 38.9. The molecule has 0 radical (unpaired) electrons. The molecule has 4 atom stereocenters. The molecular formula is C41H57N2O5P. The van der Waals surface area contributed by atoms with Gasteiger partial charge in [0.05, 0.1) is 50.6 Å². The molecular weight excluding hydrogens is 631 g/mol. The van der Waals surface area contributed by atoms with Crippen molar-refractivity contribution >= 4 is 7.49 Å². The fourth-order valence-corrected chi connectivity index (χ4v) is 10.4. The fraction of sp³-hybridized carbons (Fsp3) is 0.488. The molecule has 49 heavy (non-hydrogen) atoms. The molecule has 8 heteroatoms. The summed E-state index contributed by atoms with van der Waals surface area (Å²) in [6.45, 7) is 7.83. The van der Waals surface area contributed by atoms with E-state index in [1.807, 2.05) is 84.9 Å². The van der Waals surface area contributed by atoms with Gasteiger partial charge in [0.15, 0.2) is 6.10 Å². The maximum absolute atomic E-state index is 12.0. The predicted molar refractivity (Wildman–Crippen MR) is 200 cm³/mol. The molecule has 3 aromatic carbocycles. The second kappa shape index (κ2) is 22.0. The third kappa shape index (κ3) is 13.1. The van der Waals surface area contributed by atoms with Gasteiger partial charge in [-0.1, -0.05) is 137 Å². The van der Waals surface area contributed by atoms with E-state index in [0.29, 0.717) is 25.5 Å². The Bertz CT molecular complexity index is 1360. The molecule has 0 aliphatic carbocycles. The first-order valence-corrected chi connectivity index (χ1v) is 20.4. The summed E-state index contributed by atoms with van der Waals surface area (Å²) in [5.41, 5.74) is 3.78. The maximum atomic E-state index is 12.0. The molecule has 1 N–H and O–H groups in total. The zero-order valence-corrected chi connectivity index (χ0v) is 30.6. The van der Waals surface area contributed by atoms with Crippen molar-refractivity contribution in [1.29, 1.82) is 0 Å². The molecule has 0 saturated heterocycles. The van der Waals surface area contributed by atoms with E-state index in [-0.39, 0.29) is 6.61 Å². The zero-order valence-electron chi connectivity index (χ0n) is 29.7. The highest BCUT2D eigenvalue weighted by Crippen LogP contribution is 2.65. The maximum Gasteiger partial charge on any atom is 0.169 e. The molecule has 7 nitrogen and oxygen atoms in total. The largest absolute Gasteiger partial charge is 0.581 e. The molecule has 0 saturated carbocycles. The Morgan fingerprint density at radius 1 is 0.633 bits per heavy atom. The summed E-state index contributed by atoms with van der Waals surface area (Å²) in [5.74, 6) is 0. The van der Waals surface area contributed by atoms with Gasteiger partial charge in [-0.25, -0.2) is 4.52 Å². The second-order valence-electron chi connectivity index (χ2n) is 12.9. The number of rotatable bonds is 25.